The second kappa shape index (κ2) is 5.07. The maximum atomic E-state index is 12.2. The first kappa shape index (κ1) is 12.8. The molecule has 1 aliphatic rings. The van der Waals surface area contributed by atoms with E-state index in [1.807, 2.05) is 35.2 Å². The molecule has 5 heteroatoms. The predicted molar refractivity (Wildman–Crippen MR) is 73.0 cm³/mol. The zero-order chi connectivity index (χ0) is 14.1. The highest BCUT2D eigenvalue weighted by Gasteiger charge is 2.36. The Morgan fingerprint density at radius 2 is 2.10 bits per heavy atom. The first-order valence-corrected chi connectivity index (χ1v) is 6.80. The van der Waals surface area contributed by atoms with Crippen molar-refractivity contribution in [1.29, 1.82) is 0 Å². The van der Waals surface area contributed by atoms with E-state index in [2.05, 4.69) is 17.1 Å². The van der Waals surface area contributed by atoms with Gasteiger partial charge in [-0.1, -0.05) is 35.5 Å². The fraction of sp³-hybridized carbons (Fsp3) is 0.400. The third-order valence-corrected chi connectivity index (χ3v) is 3.80. The number of aryl methyl sites for hydroxylation is 1. The number of aromatic nitrogens is 2. The van der Waals surface area contributed by atoms with E-state index in [0.717, 1.165) is 5.56 Å². The van der Waals surface area contributed by atoms with Gasteiger partial charge in [-0.25, -0.2) is 0 Å². The average molecular weight is 271 g/mol. The Kier molecular flexibility index (Phi) is 3.26. The fourth-order valence-electron chi connectivity index (χ4n) is 2.66. The molecule has 0 bridgehead atoms. The number of carbonyl (C=O) groups is 1. The molecule has 2 aromatic rings. The molecule has 1 amide bonds. The molecule has 1 aliphatic heterocycles. The predicted octanol–water partition coefficient (Wildman–Crippen LogP) is 2.46. The number of hydrogen-bond acceptors (Lipinski definition) is 4. The highest BCUT2D eigenvalue weighted by molar-refractivity contribution is 5.80. The summed E-state index contributed by atoms with van der Waals surface area (Å²) in [7, 11) is 0. The zero-order valence-electron chi connectivity index (χ0n) is 11.6. The van der Waals surface area contributed by atoms with Crippen molar-refractivity contribution in [2.45, 2.75) is 32.2 Å². The van der Waals surface area contributed by atoms with E-state index >= 15 is 0 Å². The molecule has 20 heavy (non-hydrogen) atoms. The summed E-state index contributed by atoms with van der Waals surface area (Å²) in [6.07, 6.45) is 0.443. The van der Waals surface area contributed by atoms with Gasteiger partial charge in [0.05, 0.1) is 12.0 Å². The van der Waals surface area contributed by atoms with Gasteiger partial charge in [-0.15, -0.1) is 0 Å². The standard InChI is InChI=1S/C15H17N3O2/c1-10(12-6-4-3-5-7-12)18-9-13(8-14(18)19)15-16-11(2)17-20-15/h3-7,10,13H,8-9H2,1-2H3. The van der Waals surface area contributed by atoms with Gasteiger partial charge in [0.2, 0.25) is 11.8 Å². The van der Waals surface area contributed by atoms with Gasteiger partial charge in [0, 0.05) is 13.0 Å². The Hall–Kier alpha value is -2.17. The molecule has 1 saturated heterocycles. The first-order chi connectivity index (χ1) is 9.65. The van der Waals surface area contributed by atoms with E-state index in [1.165, 1.54) is 0 Å². The van der Waals surface area contributed by atoms with Crippen LogP contribution in [0.25, 0.3) is 0 Å². The van der Waals surface area contributed by atoms with Crippen LogP contribution in [-0.4, -0.2) is 27.5 Å². The highest BCUT2D eigenvalue weighted by atomic mass is 16.5. The Morgan fingerprint density at radius 3 is 2.75 bits per heavy atom. The Morgan fingerprint density at radius 1 is 1.35 bits per heavy atom. The number of benzene rings is 1. The summed E-state index contributed by atoms with van der Waals surface area (Å²) in [5.41, 5.74) is 1.14. The Labute approximate surface area is 117 Å². The van der Waals surface area contributed by atoms with Crippen LogP contribution in [0.5, 0.6) is 0 Å². The third-order valence-electron chi connectivity index (χ3n) is 3.80. The van der Waals surface area contributed by atoms with Crippen LogP contribution >= 0.6 is 0 Å². The lowest BCUT2D eigenvalue weighted by molar-refractivity contribution is -0.129. The highest BCUT2D eigenvalue weighted by Crippen LogP contribution is 2.33. The van der Waals surface area contributed by atoms with Crippen molar-refractivity contribution in [2.75, 3.05) is 6.54 Å². The molecule has 1 fully saturated rings. The van der Waals surface area contributed by atoms with Crippen LogP contribution < -0.4 is 0 Å². The molecule has 5 nitrogen and oxygen atoms in total. The summed E-state index contributed by atoms with van der Waals surface area (Å²) in [5.74, 6) is 1.33. The zero-order valence-corrected chi connectivity index (χ0v) is 11.6. The van der Waals surface area contributed by atoms with Gasteiger partial charge in [0.25, 0.3) is 0 Å². The topological polar surface area (TPSA) is 59.2 Å². The maximum absolute atomic E-state index is 12.2. The molecule has 2 heterocycles. The summed E-state index contributed by atoms with van der Waals surface area (Å²) in [4.78, 5) is 18.3. The lowest BCUT2D eigenvalue weighted by Gasteiger charge is -2.24. The lowest BCUT2D eigenvalue weighted by atomic mass is 10.1. The summed E-state index contributed by atoms with van der Waals surface area (Å²) in [6.45, 7) is 4.47. The van der Waals surface area contributed by atoms with Gasteiger partial charge in [0.1, 0.15) is 0 Å². The van der Waals surface area contributed by atoms with Crippen LogP contribution in [0.4, 0.5) is 0 Å². The Bertz CT molecular complexity index is 609. The maximum Gasteiger partial charge on any atom is 0.232 e. The first-order valence-electron chi connectivity index (χ1n) is 6.80. The summed E-state index contributed by atoms with van der Waals surface area (Å²) < 4.78 is 5.19. The average Bonchev–Trinajstić information content (AvgIpc) is 3.05. The van der Waals surface area contributed by atoms with E-state index in [-0.39, 0.29) is 17.9 Å². The van der Waals surface area contributed by atoms with Crippen LogP contribution in [-0.2, 0) is 4.79 Å². The second-order valence-electron chi connectivity index (χ2n) is 5.21. The van der Waals surface area contributed by atoms with E-state index in [9.17, 15) is 4.79 Å². The lowest BCUT2D eigenvalue weighted by Crippen LogP contribution is -2.28. The molecule has 0 radical (unpaired) electrons. The number of amides is 1. The van der Waals surface area contributed by atoms with Crippen molar-refractivity contribution in [2.24, 2.45) is 0 Å². The van der Waals surface area contributed by atoms with Crippen molar-refractivity contribution in [3.63, 3.8) is 0 Å². The molecule has 1 aromatic heterocycles. The number of rotatable bonds is 3. The molecule has 3 rings (SSSR count). The van der Waals surface area contributed by atoms with Crippen LogP contribution in [0.2, 0.25) is 0 Å². The van der Waals surface area contributed by atoms with Crippen molar-refractivity contribution in [3.05, 3.63) is 47.6 Å². The van der Waals surface area contributed by atoms with E-state index in [0.29, 0.717) is 24.7 Å². The van der Waals surface area contributed by atoms with Gasteiger partial charge >= 0.3 is 0 Å². The normalized spacial score (nSPS) is 20.4. The van der Waals surface area contributed by atoms with Crippen LogP contribution in [0.15, 0.2) is 34.9 Å². The summed E-state index contributed by atoms with van der Waals surface area (Å²) in [6, 6.07) is 10.1. The van der Waals surface area contributed by atoms with E-state index in [4.69, 9.17) is 4.52 Å². The SMILES string of the molecule is Cc1noc(C2CC(=O)N(C(C)c3ccccc3)C2)n1. The number of carbonyl (C=O) groups excluding carboxylic acids is 1. The van der Waals surface area contributed by atoms with Crippen molar-refractivity contribution in [1.82, 2.24) is 15.0 Å². The molecule has 0 aliphatic carbocycles. The number of nitrogens with zero attached hydrogens (tertiary/aromatic N) is 3. The largest absolute Gasteiger partial charge is 0.339 e. The molecule has 0 spiro atoms. The molecule has 2 unspecified atom stereocenters. The number of likely N-dealkylation sites (tertiary alicyclic amines) is 1. The smallest absolute Gasteiger partial charge is 0.232 e. The molecule has 0 saturated carbocycles. The molecule has 2 atom stereocenters. The van der Waals surface area contributed by atoms with Crippen LogP contribution in [0, 0.1) is 6.92 Å². The monoisotopic (exact) mass is 271 g/mol. The van der Waals surface area contributed by atoms with Crippen molar-refractivity contribution < 1.29 is 9.32 Å². The Balaban J connectivity index is 1.77. The number of hydrogen-bond donors (Lipinski definition) is 0. The van der Waals surface area contributed by atoms with E-state index in [1.54, 1.807) is 6.92 Å². The molecule has 0 N–H and O–H groups in total. The van der Waals surface area contributed by atoms with Gasteiger partial charge in [-0.2, -0.15) is 4.98 Å². The van der Waals surface area contributed by atoms with Gasteiger partial charge in [0.15, 0.2) is 5.82 Å². The summed E-state index contributed by atoms with van der Waals surface area (Å²) in [5, 5.41) is 3.80. The van der Waals surface area contributed by atoms with Crippen LogP contribution in [0.3, 0.4) is 0 Å². The fourth-order valence-corrected chi connectivity index (χ4v) is 2.66. The molecular weight excluding hydrogens is 254 g/mol. The van der Waals surface area contributed by atoms with Gasteiger partial charge < -0.3 is 9.42 Å². The van der Waals surface area contributed by atoms with Gasteiger partial charge in [-0.3, -0.25) is 4.79 Å². The minimum Gasteiger partial charge on any atom is -0.339 e. The minimum atomic E-state index is 0.00913. The van der Waals surface area contributed by atoms with Crippen molar-refractivity contribution in [3.8, 4) is 0 Å². The third kappa shape index (κ3) is 2.31. The molecular formula is C15H17N3O2. The minimum absolute atomic E-state index is 0.00913. The van der Waals surface area contributed by atoms with Gasteiger partial charge in [-0.05, 0) is 19.4 Å². The molecule has 1 aromatic carbocycles. The molecule has 104 valence electrons. The second-order valence-corrected chi connectivity index (χ2v) is 5.21. The summed E-state index contributed by atoms with van der Waals surface area (Å²) >= 11 is 0. The van der Waals surface area contributed by atoms with Crippen LogP contribution in [0.1, 0.15) is 42.6 Å². The van der Waals surface area contributed by atoms with E-state index < -0.39 is 0 Å². The quantitative estimate of drug-likeness (QED) is 0.860. The van der Waals surface area contributed by atoms with Crippen molar-refractivity contribution >= 4 is 5.91 Å².